The first-order chi connectivity index (χ1) is 25.1. The summed E-state index contributed by atoms with van der Waals surface area (Å²) >= 11 is 0. The highest BCUT2D eigenvalue weighted by Gasteiger charge is 2.40. The first-order valence-electron chi connectivity index (χ1n) is 17.8. The lowest BCUT2D eigenvalue weighted by Gasteiger charge is -2.40. The first kappa shape index (κ1) is 37.0. The zero-order chi connectivity index (χ0) is 37.7. The van der Waals surface area contributed by atoms with Crippen molar-refractivity contribution in [2.45, 2.75) is 74.5 Å². The van der Waals surface area contributed by atoms with Crippen LogP contribution in [0.15, 0.2) is 87.6 Å². The van der Waals surface area contributed by atoms with Gasteiger partial charge >= 0.3 is 5.97 Å². The predicted molar refractivity (Wildman–Crippen MR) is 208 cm³/mol. The van der Waals surface area contributed by atoms with Crippen molar-refractivity contribution in [3.8, 4) is 0 Å². The van der Waals surface area contributed by atoms with Crippen LogP contribution in [-0.4, -0.2) is 70.4 Å². The number of aliphatic carboxylic acids is 1. The van der Waals surface area contributed by atoms with E-state index in [1.54, 1.807) is 30.3 Å². The number of anilines is 2. The molecule has 0 amide bonds. The van der Waals surface area contributed by atoms with Gasteiger partial charge in [0.2, 0.25) is 0 Å². The molecule has 4 aromatic carbocycles. The van der Waals surface area contributed by atoms with Crippen LogP contribution in [0.1, 0.15) is 59.1 Å². The number of aliphatic imine (C=N–C) groups is 1. The van der Waals surface area contributed by atoms with Gasteiger partial charge in [-0.2, -0.15) is 16.8 Å². The van der Waals surface area contributed by atoms with Crippen molar-refractivity contribution >= 4 is 61.7 Å². The summed E-state index contributed by atoms with van der Waals surface area (Å²) in [5.74, 6) is -0.852. The lowest BCUT2D eigenvalue weighted by Crippen LogP contribution is -2.60. The van der Waals surface area contributed by atoms with Crippen LogP contribution >= 0.6 is 0 Å². The minimum atomic E-state index is -4.40. The second-order valence-electron chi connectivity index (χ2n) is 14.7. The normalized spacial score (nSPS) is 17.2. The Labute approximate surface area is 311 Å². The molecule has 0 saturated carbocycles. The van der Waals surface area contributed by atoms with Gasteiger partial charge in [-0.05, 0) is 107 Å². The second-order valence-corrected chi connectivity index (χ2v) is 21.8. The van der Waals surface area contributed by atoms with Crippen LogP contribution in [0.5, 0.6) is 0 Å². The van der Waals surface area contributed by atoms with E-state index in [9.17, 15) is 35.8 Å². The van der Waals surface area contributed by atoms with E-state index in [4.69, 9.17) is 4.99 Å². The molecule has 278 valence electrons. The quantitative estimate of drug-likeness (QED) is 0.114. The van der Waals surface area contributed by atoms with E-state index < -0.39 is 34.3 Å². The molecule has 0 atom stereocenters. The number of carboxylic acid groups (broad SMARTS) is 1. The van der Waals surface area contributed by atoms with E-state index in [2.05, 4.69) is 47.2 Å². The van der Waals surface area contributed by atoms with E-state index in [-0.39, 0.29) is 16.2 Å². The monoisotopic (exact) mass is 773 g/mol. The molecule has 11 nitrogen and oxygen atoms in total. The summed E-state index contributed by atoms with van der Waals surface area (Å²) in [6, 6.07) is 22.0. The molecule has 3 heterocycles. The van der Waals surface area contributed by atoms with Gasteiger partial charge in [0.1, 0.15) is 8.07 Å². The molecule has 7 rings (SSSR count). The molecule has 53 heavy (non-hydrogen) atoms. The Kier molecular flexibility index (Phi) is 9.87. The lowest BCUT2D eigenvalue weighted by molar-refractivity contribution is -0.137. The topological polar surface area (TPSA) is 165 Å². The van der Waals surface area contributed by atoms with Crippen LogP contribution in [0.2, 0.25) is 13.1 Å². The molecule has 0 unspecified atom stereocenters. The van der Waals surface area contributed by atoms with Crippen molar-refractivity contribution in [2.24, 2.45) is 4.99 Å². The van der Waals surface area contributed by atoms with Gasteiger partial charge in [0.05, 0.1) is 15.5 Å². The number of carboxylic acids is 1. The molecule has 0 aromatic heterocycles. The summed E-state index contributed by atoms with van der Waals surface area (Å²) in [5, 5.41) is 11.8. The molecular weight excluding hydrogens is 731 g/mol. The Bertz CT molecular complexity index is 2360. The summed E-state index contributed by atoms with van der Waals surface area (Å²) in [5.41, 5.74) is 9.03. The van der Waals surface area contributed by atoms with Crippen LogP contribution in [-0.2, 0) is 51.0 Å². The van der Waals surface area contributed by atoms with Crippen LogP contribution in [0, 0.1) is 0 Å². The molecule has 0 saturated heterocycles. The number of nitrogens with zero attached hydrogens (tertiary/aromatic N) is 3. The lowest BCUT2D eigenvalue weighted by atomic mass is 9.91. The van der Waals surface area contributed by atoms with Gasteiger partial charge in [0.25, 0.3) is 20.2 Å². The molecule has 0 radical (unpaired) electrons. The number of fused-ring (bicyclic) bond motifs is 4. The molecule has 3 aliphatic heterocycles. The Morgan fingerprint density at radius 3 is 1.89 bits per heavy atom. The number of rotatable bonds is 10. The van der Waals surface area contributed by atoms with Gasteiger partial charge < -0.3 is 14.9 Å². The third kappa shape index (κ3) is 7.43. The average Bonchev–Trinajstić information content (AvgIpc) is 3.10. The number of carbonyl (C=O) groups is 1. The van der Waals surface area contributed by atoms with Gasteiger partial charge in [-0.25, -0.2) is 0 Å². The Balaban J connectivity index is 1.32. The highest BCUT2D eigenvalue weighted by Crippen LogP contribution is 2.36. The van der Waals surface area contributed by atoms with Gasteiger partial charge in [0.15, 0.2) is 0 Å². The van der Waals surface area contributed by atoms with Crippen molar-refractivity contribution in [1.82, 2.24) is 0 Å². The van der Waals surface area contributed by atoms with E-state index in [1.165, 1.54) is 34.1 Å². The highest BCUT2D eigenvalue weighted by molar-refractivity contribution is 7.86. The van der Waals surface area contributed by atoms with Crippen LogP contribution < -0.4 is 20.2 Å². The summed E-state index contributed by atoms with van der Waals surface area (Å²) in [6.07, 6.45) is 4.03. The number of hydrogen-bond acceptors (Lipinski definition) is 8. The first-order valence-corrected chi connectivity index (χ1v) is 23.7. The average molecular weight is 774 g/mol. The second kappa shape index (κ2) is 14.1. The summed E-state index contributed by atoms with van der Waals surface area (Å²) in [7, 11) is -11.1. The fourth-order valence-corrected chi connectivity index (χ4v) is 12.3. The van der Waals surface area contributed by atoms with Crippen molar-refractivity contribution in [2.75, 3.05) is 29.4 Å². The molecular formula is C39H43N3O8S2Si. The van der Waals surface area contributed by atoms with E-state index in [0.29, 0.717) is 31.6 Å². The zero-order valence-corrected chi connectivity index (χ0v) is 32.4. The molecule has 3 N–H and O–H groups in total. The maximum Gasteiger partial charge on any atom is 0.303 e. The van der Waals surface area contributed by atoms with Crippen molar-refractivity contribution in [3.05, 3.63) is 106 Å². The van der Waals surface area contributed by atoms with Gasteiger partial charge in [0, 0.05) is 61.6 Å². The summed E-state index contributed by atoms with van der Waals surface area (Å²) in [6.45, 7) is 7.51. The number of aryl methyl sites for hydroxylation is 2. The predicted octanol–water partition coefficient (Wildman–Crippen LogP) is 4.92. The standard InChI is InChI=1S/C39H43N3O8S2Si/c1-53(2)36-22-33-27(9-6-18-41(33)24-26-13-15-30(16-14-26)51(45,46)47)20-31(36)39(40-17-5-12-38(43)44)32-21-28-10-7-19-42(34(28)23-37(32)53)25-29-8-3-4-11-35(29)52(48,49)50/h3-4,8,11,13-16,20-23H,5-7,9-10,12,17-19,24-25H2,1-2H3,(H,43,44)(H,45,46,47)(H,48,49,50). The zero-order valence-electron chi connectivity index (χ0n) is 29.7. The van der Waals surface area contributed by atoms with Crippen molar-refractivity contribution in [3.63, 3.8) is 0 Å². The summed E-state index contributed by atoms with van der Waals surface area (Å²) in [4.78, 5) is 20.8. The van der Waals surface area contributed by atoms with E-state index in [1.807, 2.05) is 0 Å². The van der Waals surface area contributed by atoms with Crippen molar-refractivity contribution in [1.29, 1.82) is 0 Å². The molecule has 0 aliphatic carbocycles. The van der Waals surface area contributed by atoms with Crippen LogP contribution in [0.25, 0.3) is 0 Å². The van der Waals surface area contributed by atoms with Crippen LogP contribution in [0.4, 0.5) is 11.4 Å². The third-order valence-corrected chi connectivity index (χ3v) is 16.1. The highest BCUT2D eigenvalue weighted by atomic mass is 32.2. The molecule has 14 heteroatoms. The minimum Gasteiger partial charge on any atom is -0.481 e. The largest absolute Gasteiger partial charge is 0.481 e. The molecule has 0 bridgehead atoms. The number of benzene rings is 4. The van der Waals surface area contributed by atoms with Gasteiger partial charge in [-0.1, -0.05) is 43.4 Å². The summed E-state index contributed by atoms with van der Waals surface area (Å²) < 4.78 is 67.2. The fraction of sp³-hybridized carbons (Fsp3) is 0.333. The molecule has 4 aromatic rings. The third-order valence-electron chi connectivity index (χ3n) is 10.7. The molecule has 0 spiro atoms. The Morgan fingerprint density at radius 1 is 0.774 bits per heavy atom. The van der Waals surface area contributed by atoms with Crippen molar-refractivity contribution < 1.29 is 35.8 Å². The Hall–Kier alpha value is -4.34. The minimum absolute atomic E-state index is 0.0330. The van der Waals surface area contributed by atoms with Crippen LogP contribution in [0.3, 0.4) is 0 Å². The van der Waals surface area contributed by atoms with E-state index >= 15 is 0 Å². The van der Waals surface area contributed by atoms with E-state index in [0.717, 1.165) is 78.1 Å². The van der Waals surface area contributed by atoms with Gasteiger partial charge in [-0.3, -0.25) is 18.9 Å². The number of hydrogen-bond donors (Lipinski definition) is 3. The fourth-order valence-electron chi connectivity index (χ4n) is 8.13. The maximum absolute atomic E-state index is 12.3. The molecule has 0 fully saturated rings. The van der Waals surface area contributed by atoms with Gasteiger partial charge in [-0.15, -0.1) is 0 Å². The smallest absolute Gasteiger partial charge is 0.303 e. The SMILES string of the molecule is C[Si]1(C)c2cc3c(cc2C(=NCCCC(=O)O)c2cc4c(cc21)N(Cc1ccccc1S(=O)(=O)O)CCC4)CCCN3Cc1ccc(S(=O)(=O)O)cc1. The molecule has 3 aliphatic rings. The maximum atomic E-state index is 12.3. The Morgan fingerprint density at radius 2 is 1.34 bits per heavy atom.